The summed E-state index contributed by atoms with van der Waals surface area (Å²) in [6.45, 7) is 7.34. The van der Waals surface area contributed by atoms with Crippen LogP contribution in [0.5, 0.6) is 0 Å². The van der Waals surface area contributed by atoms with Gasteiger partial charge in [-0.1, -0.05) is 0 Å². The third-order valence-electron chi connectivity index (χ3n) is 2.97. The van der Waals surface area contributed by atoms with Crippen LogP contribution in [0.15, 0.2) is 6.33 Å². The molecule has 0 bridgehead atoms. The second kappa shape index (κ2) is 8.44. The molecule has 2 heterocycles. The van der Waals surface area contributed by atoms with Crippen molar-refractivity contribution in [1.82, 2.24) is 9.55 Å². The van der Waals surface area contributed by atoms with Gasteiger partial charge >= 0.3 is 0 Å². The molecular formula is C13H23N4O3P. The Labute approximate surface area is 126 Å². The predicted molar refractivity (Wildman–Crippen MR) is 83.2 cm³/mol. The maximum Gasteiger partial charge on any atom is 0.198 e. The Bertz CT molecular complexity index is 460. The lowest BCUT2D eigenvalue weighted by Gasteiger charge is -2.21. The van der Waals surface area contributed by atoms with Gasteiger partial charge in [0.1, 0.15) is 17.9 Å². The average molecular weight is 314 g/mol. The molecule has 0 amide bonds. The summed E-state index contributed by atoms with van der Waals surface area (Å²) in [6.07, 6.45) is 3.22. The summed E-state index contributed by atoms with van der Waals surface area (Å²) in [7, 11) is -0.869. The van der Waals surface area contributed by atoms with Crippen LogP contribution in [-0.2, 0) is 20.3 Å². The Hall–Kier alpha value is -1.01. The van der Waals surface area contributed by atoms with Crippen molar-refractivity contribution in [1.29, 1.82) is 5.41 Å². The van der Waals surface area contributed by atoms with E-state index < -0.39 is 8.38 Å². The highest BCUT2D eigenvalue weighted by atomic mass is 31.2. The first-order valence-corrected chi connectivity index (χ1v) is 8.54. The molecule has 1 aliphatic rings. The molecule has 0 unspecified atom stereocenters. The zero-order chi connectivity index (χ0) is 15.1. The van der Waals surface area contributed by atoms with E-state index in [1.807, 2.05) is 11.5 Å². The third kappa shape index (κ3) is 4.74. The second-order valence-corrected chi connectivity index (χ2v) is 6.12. The Morgan fingerprint density at radius 2 is 2.29 bits per heavy atom. The van der Waals surface area contributed by atoms with Crippen molar-refractivity contribution < 1.29 is 13.8 Å². The minimum atomic E-state index is -0.869. The van der Waals surface area contributed by atoms with Crippen LogP contribution < -0.4 is 5.32 Å². The van der Waals surface area contributed by atoms with Crippen molar-refractivity contribution in [3.8, 4) is 0 Å². The van der Waals surface area contributed by atoms with Crippen molar-refractivity contribution in [2.75, 3.05) is 38.0 Å². The number of hydrogen-bond donors (Lipinski definition) is 2. The molecule has 2 rings (SSSR count). The van der Waals surface area contributed by atoms with E-state index in [1.54, 1.807) is 13.3 Å². The van der Waals surface area contributed by atoms with E-state index in [-0.39, 0.29) is 0 Å². The summed E-state index contributed by atoms with van der Waals surface area (Å²) in [5.41, 5.74) is 1.15. The zero-order valence-electron chi connectivity index (χ0n) is 12.6. The fourth-order valence-electron chi connectivity index (χ4n) is 1.98. The fourth-order valence-corrected chi connectivity index (χ4v) is 3.15. The van der Waals surface area contributed by atoms with Crippen molar-refractivity contribution in [2.24, 2.45) is 0 Å². The summed E-state index contributed by atoms with van der Waals surface area (Å²) in [4.78, 5) is 4.28. The molecule has 1 fully saturated rings. The van der Waals surface area contributed by atoms with Crippen LogP contribution in [0.3, 0.4) is 0 Å². The molecule has 21 heavy (non-hydrogen) atoms. The molecule has 0 spiro atoms. The Balaban J connectivity index is 1.80. The van der Waals surface area contributed by atoms with Crippen LogP contribution >= 0.6 is 8.38 Å². The Morgan fingerprint density at radius 1 is 1.52 bits per heavy atom. The maximum atomic E-state index is 7.74. The first kappa shape index (κ1) is 16.4. The van der Waals surface area contributed by atoms with Crippen molar-refractivity contribution in [3.63, 3.8) is 0 Å². The molecule has 1 aromatic rings. The molecule has 8 heteroatoms. The summed E-state index contributed by atoms with van der Waals surface area (Å²) >= 11 is 0. The molecular weight excluding hydrogens is 291 g/mol. The molecule has 1 aromatic heterocycles. The standard InChI is InChI=1S/C13H23N4O3P/c1-3-15-13-12(11(2)14)16-9-17(13)5-8-18-10-21-19-6-4-7-20-21/h9,14-15H,3-8,10H2,1-2H3. The van der Waals surface area contributed by atoms with E-state index >= 15 is 0 Å². The van der Waals surface area contributed by atoms with Crippen LogP contribution in [0.1, 0.15) is 26.0 Å². The molecule has 2 N–H and O–H groups in total. The normalized spacial score (nSPS) is 16.1. The van der Waals surface area contributed by atoms with E-state index in [2.05, 4.69) is 10.3 Å². The fraction of sp³-hybridized carbons (Fsp3) is 0.692. The van der Waals surface area contributed by atoms with Crippen molar-refractivity contribution >= 4 is 19.9 Å². The monoisotopic (exact) mass is 314 g/mol. The Kier molecular flexibility index (Phi) is 6.57. The van der Waals surface area contributed by atoms with E-state index in [0.717, 1.165) is 32.0 Å². The van der Waals surface area contributed by atoms with E-state index in [9.17, 15) is 0 Å². The largest absolute Gasteiger partial charge is 0.370 e. The minimum Gasteiger partial charge on any atom is -0.370 e. The molecule has 118 valence electrons. The predicted octanol–water partition coefficient (Wildman–Crippen LogP) is 2.43. The van der Waals surface area contributed by atoms with Gasteiger partial charge in [0, 0.05) is 13.1 Å². The molecule has 1 aliphatic heterocycles. The van der Waals surface area contributed by atoms with E-state index in [1.165, 1.54) is 0 Å². The van der Waals surface area contributed by atoms with Gasteiger partial charge in [0.05, 0.1) is 31.9 Å². The number of hydrogen-bond acceptors (Lipinski definition) is 6. The summed E-state index contributed by atoms with van der Waals surface area (Å²) in [6, 6.07) is 0. The Morgan fingerprint density at radius 3 is 2.95 bits per heavy atom. The van der Waals surface area contributed by atoms with E-state index in [0.29, 0.717) is 30.9 Å². The van der Waals surface area contributed by atoms with Gasteiger partial charge in [0.25, 0.3) is 0 Å². The zero-order valence-corrected chi connectivity index (χ0v) is 13.5. The van der Waals surface area contributed by atoms with Crippen LogP contribution in [0.25, 0.3) is 0 Å². The molecule has 1 saturated heterocycles. The van der Waals surface area contributed by atoms with Gasteiger partial charge in [-0.05, 0) is 20.3 Å². The summed E-state index contributed by atoms with van der Waals surface area (Å²) in [5.74, 6) is 0.879. The highest BCUT2D eigenvalue weighted by molar-refractivity contribution is 7.47. The SMILES string of the molecule is CCNc1c(C(C)=N)ncn1CCOCP1OCCCO1. The molecule has 0 radical (unpaired) electrons. The highest BCUT2D eigenvalue weighted by Gasteiger charge is 2.16. The summed E-state index contributed by atoms with van der Waals surface area (Å²) < 4.78 is 18.6. The maximum absolute atomic E-state index is 7.74. The first-order valence-electron chi connectivity index (χ1n) is 7.18. The number of ether oxygens (including phenoxy) is 1. The first-order chi connectivity index (χ1) is 10.2. The van der Waals surface area contributed by atoms with E-state index in [4.69, 9.17) is 19.2 Å². The number of nitrogens with one attached hydrogen (secondary N) is 2. The van der Waals surface area contributed by atoms with Gasteiger partial charge < -0.3 is 29.1 Å². The van der Waals surface area contributed by atoms with Crippen molar-refractivity contribution in [3.05, 3.63) is 12.0 Å². The van der Waals surface area contributed by atoms with Crippen molar-refractivity contribution in [2.45, 2.75) is 26.8 Å². The second-order valence-electron chi connectivity index (χ2n) is 4.68. The lowest BCUT2D eigenvalue weighted by atomic mass is 10.3. The topological polar surface area (TPSA) is 81.4 Å². The van der Waals surface area contributed by atoms with Gasteiger partial charge in [0.15, 0.2) is 8.38 Å². The number of aromatic nitrogens is 2. The van der Waals surface area contributed by atoms with Gasteiger partial charge in [-0.15, -0.1) is 0 Å². The van der Waals surface area contributed by atoms with Gasteiger partial charge in [-0.2, -0.15) is 0 Å². The summed E-state index contributed by atoms with van der Waals surface area (Å²) in [5, 5.41) is 11.0. The number of imidazole rings is 1. The van der Waals surface area contributed by atoms with Crippen LogP contribution in [0.4, 0.5) is 5.82 Å². The molecule has 7 nitrogen and oxygen atoms in total. The van der Waals surface area contributed by atoms with Crippen LogP contribution in [-0.4, -0.2) is 48.0 Å². The number of nitrogens with zero attached hydrogens (tertiary/aromatic N) is 2. The number of rotatable bonds is 8. The highest BCUT2D eigenvalue weighted by Crippen LogP contribution is 2.40. The van der Waals surface area contributed by atoms with Gasteiger partial charge in [0.2, 0.25) is 0 Å². The lowest BCUT2D eigenvalue weighted by Crippen LogP contribution is -2.13. The molecule has 0 aliphatic carbocycles. The minimum absolute atomic E-state index is 0.457. The quantitative estimate of drug-likeness (QED) is 0.437. The van der Waals surface area contributed by atoms with Gasteiger partial charge in [-0.25, -0.2) is 4.98 Å². The van der Waals surface area contributed by atoms with Crippen LogP contribution in [0.2, 0.25) is 0 Å². The lowest BCUT2D eigenvalue weighted by molar-refractivity contribution is 0.123. The van der Waals surface area contributed by atoms with Gasteiger partial charge in [-0.3, -0.25) is 0 Å². The molecule has 0 atom stereocenters. The average Bonchev–Trinajstić information content (AvgIpc) is 2.88. The number of anilines is 1. The molecule has 0 saturated carbocycles. The molecule has 0 aromatic carbocycles. The smallest absolute Gasteiger partial charge is 0.198 e. The van der Waals surface area contributed by atoms with Crippen LogP contribution in [0, 0.1) is 5.41 Å². The third-order valence-corrected chi connectivity index (χ3v) is 4.30.